The van der Waals surface area contributed by atoms with E-state index in [2.05, 4.69) is 48.7 Å². The zero-order valence-corrected chi connectivity index (χ0v) is 18.8. The number of aryl methyl sites for hydroxylation is 1. The lowest BCUT2D eigenvalue weighted by atomic mass is 10.0. The quantitative estimate of drug-likeness (QED) is 0.676. The minimum Gasteiger partial charge on any atom is -0.330 e. The summed E-state index contributed by atoms with van der Waals surface area (Å²) < 4.78 is 26.8. The molecule has 0 saturated carbocycles. The molecular weight excluding hydrogens is 398 g/mol. The highest BCUT2D eigenvalue weighted by molar-refractivity contribution is 7.89. The van der Waals surface area contributed by atoms with Gasteiger partial charge in [-0.15, -0.1) is 0 Å². The number of anilines is 1. The summed E-state index contributed by atoms with van der Waals surface area (Å²) in [4.78, 5) is 12.9. The summed E-state index contributed by atoms with van der Waals surface area (Å²) in [6.07, 6.45) is 2.73. The average Bonchev–Trinajstić information content (AvgIpc) is 3.29. The van der Waals surface area contributed by atoms with Gasteiger partial charge in [0.2, 0.25) is 10.0 Å². The normalized spacial score (nSPS) is 16.9. The van der Waals surface area contributed by atoms with Gasteiger partial charge in [0.15, 0.2) is 6.04 Å². The number of carbonyl (C=O) groups excluding carboxylic acids is 1. The number of hydrogen-bond donors (Lipinski definition) is 2. The van der Waals surface area contributed by atoms with Crippen LogP contribution in [-0.2, 0) is 14.8 Å². The summed E-state index contributed by atoms with van der Waals surface area (Å²) in [5.41, 5.74) is 3.03. The number of amides is 1. The first-order valence-corrected chi connectivity index (χ1v) is 12.1. The van der Waals surface area contributed by atoms with Gasteiger partial charge < -0.3 is 10.6 Å². The second-order valence-electron chi connectivity index (χ2n) is 8.03. The lowest BCUT2D eigenvalue weighted by Crippen LogP contribution is -2.92. The van der Waals surface area contributed by atoms with E-state index in [-0.39, 0.29) is 22.9 Å². The van der Waals surface area contributed by atoms with E-state index in [1.165, 1.54) is 15.4 Å². The molecule has 30 heavy (non-hydrogen) atoms. The van der Waals surface area contributed by atoms with Gasteiger partial charge in [-0.3, -0.25) is 4.79 Å². The molecule has 0 bridgehead atoms. The summed E-state index contributed by atoms with van der Waals surface area (Å²) in [5.74, 6) is -0.101. The molecule has 0 radical (unpaired) electrons. The maximum Gasteiger partial charge on any atom is 0.282 e. The number of nitrogens with one attached hydrogen (secondary N) is 1. The molecule has 2 atom stereocenters. The Morgan fingerprint density at radius 3 is 2.23 bits per heavy atom. The molecule has 1 amide bonds. The zero-order chi connectivity index (χ0) is 21.7. The molecule has 3 N–H and O–H groups in total. The van der Waals surface area contributed by atoms with Crippen molar-refractivity contribution in [3.8, 4) is 0 Å². The van der Waals surface area contributed by atoms with Crippen LogP contribution in [0.1, 0.15) is 50.3 Å². The fourth-order valence-corrected chi connectivity index (χ4v) is 5.29. The van der Waals surface area contributed by atoms with Crippen LogP contribution < -0.4 is 10.6 Å². The zero-order valence-electron chi connectivity index (χ0n) is 18.0. The minimum atomic E-state index is -3.44. The number of sulfonamides is 1. The molecule has 1 saturated heterocycles. The molecule has 3 rings (SSSR count). The van der Waals surface area contributed by atoms with Crippen LogP contribution >= 0.6 is 0 Å². The molecule has 1 fully saturated rings. The van der Waals surface area contributed by atoms with Crippen molar-refractivity contribution >= 4 is 21.6 Å². The molecule has 1 heterocycles. The number of rotatable bonds is 8. The van der Waals surface area contributed by atoms with Crippen LogP contribution in [0.3, 0.4) is 0 Å². The van der Waals surface area contributed by atoms with Crippen LogP contribution in [0.4, 0.5) is 5.69 Å². The molecule has 0 aliphatic carbocycles. The molecule has 162 valence electrons. The highest BCUT2D eigenvalue weighted by atomic mass is 32.2. The maximum absolute atomic E-state index is 12.7. The third-order valence-corrected chi connectivity index (χ3v) is 7.62. The van der Waals surface area contributed by atoms with Crippen LogP contribution in [0.25, 0.3) is 0 Å². The van der Waals surface area contributed by atoms with Crippen molar-refractivity contribution < 1.29 is 18.5 Å². The number of carbonyl (C=O) groups is 1. The van der Waals surface area contributed by atoms with Crippen molar-refractivity contribution in [2.24, 2.45) is 0 Å². The van der Waals surface area contributed by atoms with Crippen molar-refractivity contribution in [2.75, 3.05) is 18.4 Å². The van der Waals surface area contributed by atoms with Gasteiger partial charge in [0.05, 0.1) is 4.90 Å². The van der Waals surface area contributed by atoms with E-state index in [1.54, 1.807) is 24.3 Å². The van der Waals surface area contributed by atoms with E-state index in [4.69, 9.17) is 0 Å². The Hall–Kier alpha value is -2.22. The highest BCUT2D eigenvalue weighted by Crippen LogP contribution is 2.22. The second kappa shape index (κ2) is 9.73. The molecule has 2 aromatic rings. The van der Waals surface area contributed by atoms with Crippen LogP contribution in [-0.4, -0.2) is 37.8 Å². The molecule has 1 aliphatic rings. The first-order valence-electron chi connectivity index (χ1n) is 10.6. The fraction of sp³-hybridized carbons (Fsp3) is 0.435. The highest BCUT2D eigenvalue weighted by Gasteiger charge is 2.27. The lowest BCUT2D eigenvalue weighted by Gasteiger charge is -2.19. The van der Waals surface area contributed by atoms with Crippen LogP contribution in [0.5, 0.6) is 0 Å². The standard InChI is InChI=1S/C23H31N3O3S/c1-4-22(19-9-7-17(2)8-10-19)24-18(3)23(27)25-20-11-13-21(14-12-20)30(28,29)26-15-5-6-16-26/h7-14,18,22,24H,4-6,15-16H2,1-3H3,(H,25,27)/p+1/t18-,22-/m0/s1. The molecule has 0 aromatic heterocycles. The Morgan fingerprint density at radius 2 is 1.67 bits per heavy atom. The summed E-state index contributed by atoms with van der Waals surface area (Å²) in [6, 6.07) is 14.8. The Balaban J connectivity index is 1.61. The van der Waals surface area contributed by atoms with Crippen molar-refractivity contribution in [1.29, 1.82) is 0 Å². The lowest BCUT2D eigenvalue weighted by molar-refractivity contribution is -0.713. The maximum atomic E-state index is 12.7. The van der Waals surface area contributed by atoms with Gasteiger partial charge in [-0.05, 0) is 51.0 Å². The largest absolute Gasteiger partial charge is 0.330 e. The SMILES string of the molecule is CC[C@H]([NH2+][C@@H](C)C(=O)Nc1ccc(S(=O)(=O)N2CCCC2)cc1)c1ccc(C)cc1. The molecule has 6 nitrogen and oxygen atoms in total. The van der Waals surface area contributed by atoms with E-state index < -0.39 is 10.0 Å². The van der Waals surface area contributed by atoms with E-state index in [9.17, 15) is 13.2 Å². The van der Waals surface area contributed by atoms with E-state index in [0.717, 1.165) is 19.3 Å². The van der Waals surface area contributed by atoms with Crippen LogP contribution in [0.15, 0.2) is 53.4 Å². The van der Waals surface area contributed by atoms with Gasteiger partial charge in [0, 0.05) is 30.8 Å². The van der Waals surface area contributed by atoms with E-state index >= 15 is 0 Å². The predicted molar refractivity (Wildman–Crippen MR) is 119 cm³/mol. The van der Waals surface area contributed by atoms with Crippen LogP contribution in [0, 0.1) is 6.92 Å². The van der Waals surface area contributed by atoms with Gasteiger partial charge in [-0.2, -0.15) is 4.31 Å². The Morgan fingerprint density at radius 1 is 1.07 bits per heavy atom. The number of nitrogens with two attached hydrogens (primary N) is 1. The van der Waals surface area contributed by atoms with Gasteiger partial charge >= 0.3 is 0 Å². The monoisotopic (exact) mass is 430 g/mol. The molecular formula is C23H32N3O3S+. The summed E-state index contributed by atoms with van der Waals surface area (Å²) in [6.45, 7) is 7.22. The van der Waals surface area contributed by atoms with Crippen molar-refractivity contribution in [1.82, 2.24) is 4.31 Å². The second-order valence-corrected chi connectivity index (χ2v) is 9.97. The van der Waals surface area contributed by atoms with Crippen molar-refractivity contribution in [2.45, 2.75) is 57.0 Å². The Labute approximate surface area is 179 Å². The van der Waals surface area contributed by atoms with E-state index in [1.807, 2.05) is 6.92 Å². The topological polar surface area (TPSA) is 83.1 Å². The van der Waals surface area contributed by atoms with Crippen LogP contribution in [0.2, 0.25) is 0 Å². The Bertz CT molecular complexity index is 950. The predicted octanol–water partition coefficient (Wildman–Crippen LogP) is 2.82. The fourth-order valence-electron chi connectivity index (χ4n) is 3.78. The Kier molecular flexibility index (Phi) is 7.28. The first-order chi connectivity index (χ1) is 14.3. The molecule has 1 aliphatic heterocycles. The number of benzene rings is 2. The number of quaternary nitrogens is 1. The smallest absolute Gasteiger partial charge is 0.282 e. The molecule has 0 unspecified atom stereocenters. The van der Waals surface area contributed by atoms with Crippen molar-refractivity contribution in [3.05, 3.63) is 59.7 Å². The van der Waals surface area contributed by atoms with Gasteiger partial charge in [0.25, 0.3) is 5.91 Å². The number of nitrogens with zero attached hydrogens (tertiary/aromatic N) is 1. The molecule has 2 aromatic carbocycles. The minimum absolute atomic E-state index is 0.101. The van der Waals surface area contributed by atoms with Gasteiger partial charge in [0.1, 0.15) is 6.04 Å². The van der Waals surface area contributed by atoms with Gasteiger partial charge in [-0.1, -0.05) is 36.8 Å². The molecule has 7 heteroatoms. The average molecular weight is 431 g/mol. The summed E-state index contributed by atoms with van der Waals surface area (Å²) in [5, 5.41) is 4.98. The van der Waals surface area contributed by atoms with E-state index in [0.29, 0.717) is 18.8 Å². The third kappa shape index (κ3) is 5.28. The summed E-state index contributed by atoms with van der Waals surface area (Å²) in [7, 11) is -3.44. The molecule has 0 spiro atoms. The number of hydrogen-bond acceptors (Lipinski definition) is 3. The first kappa shape index (κ1) is 22.5. The summed E-state index contributed by atoms with van der Waals surface area (Å²) >= 11 is 0. The van der Waals surface area contributed by atoms with Crippen molar-refractivity contribution in [3.63, 3.8) is 0 Å². The van der Waals surface area contributed by atoms with Gasteiger partial charge in [-0.25, -0.2) is 8.42 Å². The third-order valence-electron chi connectivity index (χ3n) is 5.70.